The second-order valence-electron chi connectivity index (χ2n) is 27.6. The van der Waals surface area contributed by atoms with Crippen LogP contribution in [0.5, 0.6) is 11.5 Å². The fraction of sp³-hybridized carbons (Fsp3) is 0.309. The minimum atomic E-state index is -3.05. The summed E-state index contributed by atoms with van der Waals surface area (Å²) in [6.07, 6.45) is 2.82. The Kier molecular flexibility index (Phi) is 19.8. The topological polar surface area (TPSA) is 232 Å². The summed E-state index contributed by atoms with van der Waals surface area (Å²) in [5.74, 6) is 0.941. The number of methoxy groups -OCH3 is 2. The van der Waals surface area contributed by atoms with Crippen LogP contribution < -0.4 is 9.47 Å². The Hall–Kier alpha value is -11.0. The van der Waals surface area contributed by atoms with E-state index in [1.54, 1.807) is 18.2 Å². The number of nitrogens with zero attached hydrogens (tertiary/aromatic N) is 9. The third-order valence-electron chi connectivity index (χ3n) is 20.0. The van der Waals surface area contributed by atoms with Crippen LogP contribution in [0.2, 0.25) is 0 Å². The van der Waals surface area contributed by atoms with E-state index in [9.17, 15) is 37.7 Å². The van der Waals surface area contributed by atoms with Gasteiger partial charge in [-0.2, -0.15) is 28.1 Å². The van der Waals surface area contributed by atoms with E-state index < -0.39 is 25.3 Å². The zero-order chi connectivity index (χ0) is 73.7. The summed E-state index contributed by atoms with van der Waals surface area (Å²) < 4.78 is 98.7. The number of fused-ring (bicyclic) bond motifs is 4. The van der Waals surface area contributed by atoms with Gasteiger partial charge >= 0.3 is 25.2 Å². The third kappa shape index (κ3) is 14.2. The summed E-state index contributed by atoms with van der Waals surface area (Å²) in [4.78, 5) is 50.0. The number of ether oxygens (including phenoxy) is 4. The fourth-order valence-corrected chi connectivity index (χ4v) is 15.2. The number of esters is 2. The fourth-order valence-electron chi connectivity index (χ4n) is 15.1. The highest BCUT2D eigenvalue weighted by Gasteiger charge is 2.36. The molecular formula is C81H72ClF4N9O10. The van der Waals surface area contributed by atoms with Crippen molar-refractivity contribution < 1.29 is 63.8 Å². The lowest BCUT2D eigenvalue weighted by atomic mass is 9.84. The molecule has 105 heavy (non-hydrogen) atoms. The zero-order valence-electron chi connectivity index (χ0n) is 58.8. The lowest BCUT2D eigenvalue weighted by Gasteiger charge is -2.46. The number of halogens is 5. The highest BCUT2D eigenvalue weighted by atomic mass is 35.5. The minimum absolute atomic E-state index is 0.0314. The Bertz CT molecular complexity index is 5470. The smallest absolute Gasteiger partial charge is 0.387 e. The first-order valence-electron chi connectivity index (χ1n) is 34.4. The molecule has 536 valence electrons. The van der Waals surface area contributed by atoms with Crippen LogP contribution in [0.15, 0.2) is 139 Å². The molecule has 0 radical (unpaired) electrons. The summed E-state index contributed by atoms with van der Waals surface area (Å²) in [5.41, 5.74) is 17.9. The van der Waals surface area contributed by atoms with Crippen molar-refractivity contribution in [2.75, 3.05) is 40.4 Å². The van der Waals surface area contributed by atoms with Gasteiger partial charge in [0.1, 0.15) is 57.8 Å². The first-order valence-corrected chi connectivity index (χ1v) is 34.9. The Labute approximate surface area is 606 Å². The Balaban J connectivity index is 0.000000178. The van der Waals surface area contributed by atoms with Crippen molar-refractivity contribution in [2.24, 2.45) is 5.41 Å². The average molecular weight is 1440 g/mol. The van der Waals surface area contributed by atoms with Crippen LogP contribution >= 0.6 is 11.6 Å². The van der Waals surface area contributed by atoms with Gasteiger partial charge in [0.2, 0.25) is 23.6 Å². The summed E-state index contributed by atoms with van der Waals surface area (Å²) in [6, 6.07) is 40.7. The number of benzene rings is 8. The van der Waals surface area contributed by atoms with Gasteiger partial charge in [-0.1, -0.05) is 62.4 Å². The van der Waals surface area contributed by atoms with Gasteiger partial charge < -0.3 is 36.6 Å². The number of oxazole rings is 4. The van der Waals surface area contributed by atoms with Crippen molar-refractivity contribution in [3.63, 3.8) is 0 Å². The standard InChI is InChI=1S/C43H41F2N5O5.C38H31ClF2N4O5/c1-24-29(30-10-7-12-32(25(30)2)40-48-34-16-26(15-27(19-46)38(34)55-40)20-49-22-43(3,4)23-49)9-6-11-31(24)39-47-33-17-28(36(54-42(44)45)18-37(33)53-39)21-50-14-8-13-35(50)41(51)52-5;1-20-25(26-8-5-10-28(21(26)2)36-44-30-14-22(17-39)13-23(18-42)34(30)50-36)7-4-9-27(20)35-43-29-15-24(32(49-38(40)41)16-33(29)48-35)19-45-12-6-11-31(45)37(46)47-3/h6-7,9-12,15-18,35,42H,8,13-14,20-23H2,1-5H3;4-5,7-10,13-16,31,38H,6,11-12,17,19H2,1-3H3/t35-;31-/m00/s1. The summed E-state index contributed by atoms with van der Waals surface area (Å²) >= 11 is 6.04. The van der Waals surface area contributed by atoms with E-state index in [-0.39, 0.29) is 42.4 Å². The van der Waals surface area contributed by atoms with Gasteiger partial charge in [0, 0.05) is 84.1 Å². The molecule has 0 N–H and O–H groups in total. The molecular weight excluding hydrogens is 1370 g/mol. The van der Waals surface area contributed by atoms with Gasteiger partial charge in [-0.3, -0.25) is 24.3 Å². The number of rotatable bonds is 19. The maximum Gasteiger partial charge on any atom is 0.387 e. The molecule has 0 bridgehead atoms. The van der Waals surface area contributed by atoms with E-state index in [2.05, 4.69) is 30.9 Å². The molecule has 0 spiro atoms. The molecule has 0 amide bonds. The molecule has 2 atom stereocenters. The van der Waals surface area contributed by atoms with Crippen LogP contribution in [0.1, 0.15) is 95.2 Å². The van der Waals surface area contributed by atoms with E-state index in [0.717, 1.165) is 110 Å². The summed E-state index contributed by atoms with van der Waals surface area (Å²) in [5, 5.41) is 19.7. The molecule has 8 aromatic carbocycles. The Morgan fingerprint density at radius 3 is 1.25 bits per heavy atom. The number of likely N-dealkylation sites (tertiary alicyclic amines) is 3. The molecule has 19 nitrogen and oxygen atoms in total. The monoisotopic (exact) mass is 1440 g/mol. The number of carbonyl (C=O) groups excluding carboxylic acids is 2. The molecule has 24 heteroatoms. The molecule has 3 aliphatic heterocycles. The van der Waals surface area contributed by atoms with Gasteiger partial charge in [-0.05, 0) is 188 Å². The molecule has 7 heterocycles. The maximum absolute atomic E-state index is 13.6. The van der Waals surface area contributed by atoms with Crippen molar-refractivity contribution in [1.82, 2.24) is 34.6 Å². The van der Waals surface area contributed by atoms with Gasteiger partial charge in [-0.15, -0.1) is 11.6 Å². The Morgan fingerprint density at radius 1 is 0.524 bits per heavy atom. The van der Waals surface area contributed by atoms with Crippen LogP contribution in [0, 0.1) is 55.8 Å². The molecule has 0 saturated carbocycles. The van der Waals surface area contributed by atoms with E-state index in [4.69, 9.17) is 68.2 Å². The van der Waals surface area contributed by atoms with Gasteiger partial charge in [0.25, 0.3) is 0 Å². The molecule has 12 aromatic rings. The largest absolute Gasteiger partial charge is 0.468 e. The molecule has 4 aromatic heterocycles. The van der Waals surface area contributed by atoms with Gasteiger partial charge in [0.15, 0.2) is 22.3 Å². The molecule has 0 aliphatic carbocycles. The first kappa shape index (κ1) is 71.1. The zero-order valence-corrected chi connectivity index (χ0v) is 59.6. The number of alkyl halides is 5. The van der Waals surface area contributed by atoms with E-state index >= 15 is 0 Å². The number of hydrogen-bond acceptors (Lipinski definition) is 19. The van der Waals surface area contributed by atoms with Crippen LogP contribution in [0.25, 0.3) is 112 Å². The second kappa shape index (κ2) is 29.3. The second-order valence-corrected chi connectivity index (χ2v) is 27.8. The lowest BCUT2D eigenvalue weighted by Crippen LogP contribution is -2.52. The predicted molar refractivity (Wildman–Crippen MR) is 387 cm³/mol. The number of nitriles is 2. The normalized spacial score (nSPS) is 16.1. The van der Waals surface area contributed by atoms with Crippen LogP contribution in [0.4, 0.5) is 17.6 Å². The van der Waals surface area contributed by atoms with Crippen molar-refractivity contribution in [1.29, 1.82) is 10.5 Å². The number of hydrogen-bond donors (Lipinski definition) is 0. The highest BCUT2D eigenvalue weighted by Crippen LogP contribution is 2.43. The quantitative estimate of drug-likeness (QED) is 0.0416. The predicted octanol–water partition coefficient (Wildman–Crippen LogP) is 18.0. The summed E-state index contributed by atoms with van der Waals surface area (Å²) in [7, 11) is 2.68. The van der Waals surface area contributed by atoms with Crippen molar-refractivity contribution in [3.05, 3.63) is 177 Å². The van der Waals surface area contributed by atoms with Gasteiger partial charge in [-0.25, -0.2) is 19.9 Å². The summed E-state index contributed by atoms with van der Waals surface area (Å²) in [6.45, 7) is 10.8. The van der Waals surface area contributed by atoms with E-state index in [0.29, 0.717) is 122 Å². The van der Waals surface area contributed by atoms with Gasteiger partial charge in [0.05, 0.1) is 25.3 Å². The van der Waals surface area contributed by atoms with E-state index in [1.165, 1.54) is 26.4 Å². The molecule has 3 aliphatic rings. The molecule has 0 unspecified atom stereocenters. The minimum Gasteiger partial charge on any atom is -0.468 e. The van der Waals surface area contributed by atoms with Crippen LogP contribution in [-0.2, 0) is 44.6 Å². The molecule has 3 saturated heterocycles. The third-order valence-corrected chi connectivity index (χ3v) is 20.3. The number of aromatic nitrogens is 4. The maximum atomic E-state index is 13.6. The average Bonchev–Trinajstić information content (AvgIpc) is 1.68. The van der Waals surface area contributed by atoms with Crippen LogP contribution in [-0.4, -0.2) is 112 Å². The van der Waals surface area contributed by atoms with Crippen molar-refractivity contribution in [3.8, 4) is 91.7 Å². The van der Waals surface area contributed by atoms with Crippen molar-refractivity contribution in [2.45, 2.75) is 118 Å². The lowest BCUT2D eigenvalue weighted by molar-refractivity contribution is -0.146. The first-order chi connectivity index (χ1) is 50.6. The van der Waals surface area contributed by atoms with Crippen LogP contribution in [0.3, 0.4) is 0 Å². The SMILES string of the molecule is COC(=O)[C@@H]1CCCN1Cc1cc2nc(-c3cccc(-c4cccc(-c5nc6cc(CCl)cc(C#N)c6o5)c4C)c3C)oc2cc1OC(F)F.COC(=O)[C@@H]1CCCN1Cc1cc2nc(-c3cccc(-c4cccc(-c5nc6cc(CN7CC(C)(C)C7)cc(C#N)c6o5)c4C)c3C)oc2cc1OC(F)F. The Morgan fingerprint density at radius 2 is 0.886 bits per heavy atom. The molecule has 15 rings (SSSR count). The highest BCUT2D eigenvalue weighted by molar-refractivity contribution is 6.17. The van der Waals surface area contributed by atoms with E-state index in [1.807, 2.05) is 128 Å². The number of carbonyl (C=O) groups is 2. The van der Waals surface area contributed by atoms with Crippen molar-refractivity contribution >= 4 is 67.9 Å². The molecule has 3 fully saturated rings.